The van der Waals surface area contributed by atoms with Crippen LogP contribution in [-0.2, 0) is 14.8 Å². The number of hydrogen-bond donors (Lipinski definition) is 3. The van der Waals surface area contributed by atoms with Crippen molar-refractivity contribution in [1.82, 2.24) is 4.98 Å². The Bertz CT molecular complexity index is 1440. The van der Waals surface area contributed by atoms with Crippen LogP contribution in [0, 0.1) is 0 Å². The lowest BCUT2D eigenvalue weighted by molar-refractivity contribution is 0.0636. The van der Waals surface area contributed by atoms with Gasteiger partial charge < -0.3 is 9.15 Å². The second-order valence-corrected chi connectivity index (χ2v) is 10.9. The molecule has 4 rings (SSSR count). The number of carbonyl (C=O) groups excluding carboxylic acids is 1. The van der Waals surface area contributed by atoms with E-state index in [0.29, 0.717) is 27.9 Å². The molecule has 0 fully saturated rings. The highest BCUT2D eigenvalue weighted by molar-refractivity contribution is 7.92. The Morgan fingerprint density at radius 1 is 1.06 bits per heavy atom. The van der Waals surface area contributed by atoms with Gasteiger partial charge in [0.05, 0.1) is 16.6 Å². The van der Waals surface area contributed by atoms with E-state index >= 15 is 0 Å². The molecule has 0 bridgehead atoms. The number of nitrogens with one attached hydrogen (secondary N) is 2. The summed E-state index contributed by atoms with van der Waals surface area (Å²) in [4.78, 5) is 16.5. The van der Waals surface area contributed by atoms with Gasteiger partial charge in [-0.05, 0) is 56.7 Å². The molecule has 1 unspecified atom stereocenters. The Morgan fingerprint density at radius 2 is 1.83 bits per heavy atom. The minimum Gasteiger partial charge on any atom is -0.444 e. The van der Waals surface area contributed by atoms with E-state index < -0.39 is 27.0 Å². The Balaban J connectivity index is 1.59. The van der Waals surface area contributed by atoms with Gasteiger partial charge in [-0.25, -0.2) is 4.79 Å². The lowest BCUT2D eigenvalue weighted by Gasteiger charge is -2.20. The predicted molar refractivity (Wildman–Crippen MR) is 138 cm³/mol. The van der Waals surface area contributed by atoms with Crippen LogP contribution in [-0.4, -0.2) is 25.1 Å². The number of para-hydroxylation sites is 1. The third-order valence-corrected chi connectivity index (χ3v) is 6.62. The van der Waals surface area contributed by atoms with Gasteiger partial charge in [-0.3, -0.25) is 15.0 Å². The maximum absolute atomic E-state index is 13.1. The quantitative estimate of drug-likeness (QED) is 0.274. The number of aromatic nitrogens is 1. The fourth-order valence-corrected chi connectivity index (χ4v) is 4.78. The van der Waals surface area contributed by atoms with E-state index in [0.717, 1.165) is 0 Å². The highest BCUT2D eigenvalue weighted by Gasteiger charge is 2.24. The molecule has 2 aromatic carbocycles. The van der Waals surface area contributed by atoms with E-state index in [1.165, 1.54) is 6.07 Å². The van der Waals surface area contributed by atoms with Gasteiger partial charge in [-0.2, -0.15) is 21.0 Å². The number of thiol groups is 1. The van der Waals surface area contributed by atoms with Crippen LogP contribution in [0.25, 0.3) is 11.0 Å². The van der Waals surface area contributed by atoms with E-state index in [4.69, 9.17) is 21.8 Å². The summed E-state index contributed by atoms with van der Waals surface area (Å²) >= 11 is 4.70. The molecule has 0 saturated heterocycles. The van der Waals surface area contributed by atoms with Crippen molar-refractivity contribution in [3.8, 4) is 0 Å². The number of anilines is 2. The van der Waals surface area contributed by atoms with E-state index in [2.05, 4.69) is 15.0 Å². The molecule has 2 aromatic heterocycles. The first-order chi connectivity index (χ1) is 16.5. The van der Waals surface area contributed by atoms with Crippen LogP contribution in [0.4, 0.5) is 16.2 Å². The number of sulfonamides is 1. The van der Waals surface area contributed by atoms with Crippen molar-refractivity contribution in [2.75, 3.05) is 10.0 Å². The predicted octanol–water partition coefficient (Wildman–Crippen LogP) is 5.99. The van der Waals surface area contributed by atoms with Crippen molar-refractivity contribution in [3.05, 3.63) is 84.2 Å². The van der Waals surface area contributed by atoms with E-state index in [9.17, 15) is 13.2 Å². The fourth-order valence-electron chi connectivity index (χ4n) is 3.37. The monoisotopic (exact) mass is 511 g/mol. The third kappa shape index (κ3) is 5.95. The van der Waals surface area contributed by atoms with Crippen LogP contribution in [0.1, 0.15) is 37.3 Å². The largest absolute Gasteiger partial charge is 0.444 e. The minimum absolute atomic E-state index is 0.201. The number of ether oxygens (including phenoxy) is 1. The van der Waals surface area contributed by atoms with Gasteiger partial charge in [0, 0.05) is 23.3 Å². The standard InChI is InChI=1S/C25H25N3O5S2/c1-25(2,3)33-24(29)27-18-10-6-9-17(14-18)23(34)22-19(11-7-13-26-22)28-35(30,31)21-15-16-8-4-5-12-20(16)32-21/h4-15,23,28,34H,1-3H3,(H,27,29). The van der Waals surface area contributed by atoms with Crippen molar-refractivity contribution in [2.45, 2.75) is 36.7 Å². The van der Waals surface area contributed by atoms with Crippen LogP contribution in [0.15, 0.2) is 82.4 Å². The first-order valence-electron chi connectivity index (χ1n) is 10.8. The van der Waals surface area contributed by atoms with Gasteiger partial charge in [0.15, 0.2) is 0 Å². The summed E-state index contributed by atoms with van der Waals surface area (Å²) in [7, 11) is -4.02. The maximum atomic E-state index is 13.1. The number of fused-ring (bicyclic) bond motifs is 1. The lowest BCUT2D eigenvalue weighted by atomic mass is 10.1. The molecular formula is C25H25N3O5S2. The van der Waals surface area contributed by atoms with Gasteiger partial charge in [0.25, 0.3) is 10.0 Å². The zero-order valence-corrected chi connectivity index (χ0v) is 21.1. The number of benzene rings is 2. The zero-order chi connectivity index (χ0) is 25.2. The highest BCUT2D eigenvalue weighted by Crippen LogP contribution is 2.34. The smallest absolute Gasteiger partial charge is 0.412 e. The lowest BCUT2D eigenvalue weighted by Crippen LogP contribution is -2.27. The van der Waals surface area contributed by atoms with Crippen molar-refractivity contribution in [1.29, 1.82) is 0 Å². The summed E-state index contributed by atoms with van der Waals surface area (Å²) in [5.74, 6) is 0. The Hall–Kier alpha value is -3.50. The molecule has 182 valence electrons. The van der Waals surface area contributed by atoms with Gasteiger partial charge >= 0.3 is 6.09 Å². The molecule has 2 heterocycles. The molecule has 1 atom stereocenters. The molecule has 0 aliphatic heterocycles. The molecule has 1 amide bonds. The normalized spacial score (nSPS) is 12.8. The SMILES string of the molecule is CC(C)(C)OC(=O)Nc1cccc(C(S)c2ncccc2NS(=O)(=O)c2cc3ccccc3o2)c1. The summed E-state index contributed by atoms with van der Waals surface area (Å²) < 4.78 is 39.5. The zero-order valence-electron chi connectivity index (χ0n) is 19.3. The molecule has 10 heteroatoms. The van der Waals surface area contributed by atoms with Crippen molar-refractivity contribution < 1.29 is 22.4 Å². The second-order valence-electron chi connectivity index (χ2n) is 8.80. The Labute approximate surface area is 209 Å². The van der Waals surface area contributed by atoms with Crippen molar-refractivity contribution in [3.63, 3.8) is 0 Å². The number of furan rings is 1. The van der Waals surface area contributed by atoms with Crippen LogP contribution >= 0.6 is 12.6 Å². The number of nitrogens with zero attached hydrogens (tertiary/aromatic N) is 1. The van der Waals surface area contributed by atoms with Crippen LogP contribution in [0.5, 0.6) is 0 Å². The summed E-state index contributed by atoms with van der Waals surface area (Å²) in [6.45, 7) is 5.34. The summed E-state index contributed by atoms with van der Waals surface area (Å²) in [5.41, 5.74) is 1.71. The number of carbonyl (C=O) groups is 1. The van der Waals surface area contributed by atoms with Gasteiger partial charge in [-0.1, -0.05) is 30.3 Å². The molecule has 0 saturated carbocycles. The molecule has 0 aliphatic carbocycles. The van der Waals surface area contributed by atoms with E-state index in [1.807, 2.05) is 6.07 Å². The first-order valence-corrected chi connectivity index (χ1v) is 12.8. The molecule has 35 heavy (non-hydrogen) atoms. The number of pyridine rings is 1. The van der Waals surface area contributed by atoms with Crippen LogP contribution in [0.2, 0.25) is 0 Å². The fraction of sp³-hybridized carbons (Fsp3) is 0.200. The minimum atomic E-state index is -4.02. The van der Waals surface area contributed by atoms with Gasteiger partial charge in [-0.15, -0.1) is 0 Å². The Kier molecular flexibility index (Phi) is 6.77. The van der Waals surface area contributed by atoms with Crippen molar-refractivity contribution >= 4 is 51.1 Å². The molecule has 2 N–H and O–H groups in total. The number of hydrogen-bond acceptors (Lipinski definition) is 7. The van der Waals surface area contributed by atoms with Gasteiger partial charge in [0.1, 0.15) is 11.2 Å². The maximum Gasteiger partial charge on any atom is 0.412 e. The summed E-state index contributed by atoms with van der Waals surface area (Å²) in [6.07, 6.45) is 0.975. The van der Waals surface area contributed by atoms with E-state index in [-0.39, 0.29) is 10.8 Å². The Morgan fingerprint density at radius 3 is 2.57 bits per heavy atom. The third-order valence-electron chi connectivity index (χ3n) is 4.86. The molecule has 0 radical (unpaired) electrons. The van der Waals surface area contributed by atoms with Crippen molar-refractivity contribution in [2.24, 2.45) is 0 Å². The number of amides is 1. The molecule has 4 aromatic rings. The number of rotatable bonds is 6. The summed E-state index contributed by atoms with van der Waals surface area (Å²) in [6, 6.07) is 18.8. The van der Waals surface area contributed by atoms with E-state index in [1.54, 1.807) is 81.6 Å². The van der Waals surface area contributed by atoms with Gasteiger partial charge in [0.2, 0.25) is 5.09 Å². The second kappa shape index (κ2) is 9.63. The first kappa shape index (κ1) is 24.6. The molecular weight excluding hydrogens is 486 g/mol. The molecule has 0 spiro atoms. The van der Waals surface area contributed by atoms with Crippen LogP contribution < -0.4 is 10.0 Å². The average molecular weight is 512 g/mol. The highest BCUT2D eigenvalue weighted by atomic mass is 32.2. The molecule has 8 nitrogen and oxygen atoms in total. The van der Waals surface area contributed by atoms with Crippen LogP contribution in [0.3, 0.4) is 0 Å². The summed E-state index contributed by atoms with van der Waals surface area (Å²) in [5, 5.41) is 2.58. The molecule has 0 aliphatic rings. The average Bonchev–Trinajstić information content (AvgIpc) is 3.23. The topological polar surface area (TPSA) is 111 Å².